The van der Waals surface area contributed by atoms with Crippen LogP contribution in [-0.2, 0) is 16.0 Å². The molecule has 3 N–H and O–H groups in total. The van der Waals surface area contributed by atoms with Gasteiger partial charge >= 0.3 is 0 Å². The minimum atomic E-state index is -0.720. The summed E-state index contributed by atoms with van der Waals surface area (Å²) in [4.78, 5) is 32.8. The van der Waals surface area contributed by atoms with Gasteiger partial charge in [0.1, 0.15) is 5.54 Å². The van der Waals surface area contributed by atoms with Crippen molar-refractivity contribution in [2.75, 3.05) is 7.05 Å². The number of nitrogens with two attached hydrogens (primary N) is 1. The van der Waals surface area contributed by atoms with Crippen LogP contribution < -0.4 is 11.1 Å². The van der Waals surface area contributed by atoms with Gasteiger partial charge in [-0.1, -0.05) is 69.2 Å². The Bertz CT molecular complexity index is 1030. The van der Waals surface area contributed by atoms with Crippen LogP contribution in [0.1, 0.15) is 88.2 Å². The van der Waals surface area contributed by atoms with Crippen molar-refractivity contribution in [1.82, 2.24) is 10.2 Å². The maximum atomic E-state index is 13.4. The van der Waals surface area contributed by atoms with E-state index in [1.807, 2.05) is 18.2 Å². The van der Waals surface area contributed by atoms with Crippen molar-refractivity contribution in [3.8, 4) is 0 Å². The molecule has 0 saturated heterocycles. The van der Waals surface area contributed by atoms with Crippen molar-refractivity contribution >= 4 is 23.8 Å². The molecule has 0 spiro atoms. The lowest BCUT2D eigenvalue weighted by Crippen LogP contribution is -2.45. The van der Waals surface area contributed by atoms with Crippen molar-refractivity contribution in [3.63, 3.8) is 0 Å². The lowest BCUT2D eigenvalue weighted by atomic mass is 9.74. The van der Waals surface area contributed by atoms with Gasteiger partial charge < -0.3 is 11.1 Å². The third-order valence-electron chi connectivity index (χ3n) is 8.87. The second-order valence-electron chi connectivity index (χ2n) is 11.4. The molecule has 1 aliphatic heterocycles. The van der Waals surface area contributed by atoms with Gasteiger partial charge in [0.2, 0.25) is 5.91 Å². The third-order valence-corrected chi connectivity index (χ3v) is 8.87. The minimum Gasteiger partial charge on any atom is -0.369 e. The van der Waals surface area contributed by atoms with Gasteiger partial charge in [0.25, 0.3) is 5.91 Å². The van der Waals surface area contributed by atoms with Crippen LogP contribution in [0.15, 0.2) is 34.8 Å². The Labute approximate surface area is 209 Å². The number of carbonyl (C=O) groups excluding carboxylic acids is 2. The second kappa shape index (κ2) is 10.2. The smallest absolute Gasteiger partial charge is 0.257 e. The van der Waals surface area contributed by atoms with E-state index in [1.54, 1.807) is 11.9 Å². The normalized spacial score (nSPS) is 29.1. The summed E-state index contributed by atoms with van der Waals surface area (Å²) in [6.45, 7) is 0. The van der Waals surface area contributed by atoms with Gasteiger partial charge in [-0.3, -0.25) is 14.5 Å². The fourth-order valence-electron chi connectivity index (χ4n) is 6.86. The number of carbonyl (C=O) groups is 2. The number of fused-ring (bicyclic) bond motifs is 1. The van der Waals surface area contributed by atoms with Crippen molar-refractivity contribution in [2.45, 2.75) is 95.1 Å². The molecular weight excluding hydrogens is 436 g/mol. The standard InChI is InChI=1S/C29H40N4O2/c1-33-27(35)29(32-28(33)30,15-14-20-8-3-2-4-9-20)19-21-10-7-13-25(16-21)31-26(34)24-17-22-11-5-6-12-23(22)18-24/h5-6,11-12,17,20-21,25H,2-4,7-10,13-16,18-19H2,1H3,(H2,30,32)(H,31,34)/t21-,25+,29+/m0/s1. The van der Waals surface area contributed by atoms with E-state index in [-0.39, 0.29) is 17.9 Å². The van der Waals surface area contributed by atoms with Gasteiger partial charge in [-0.25, -0.2) is 4.99 Å². The monoisotopic (exact) mass is 476 g/mol. The van der Waals surface area contributed by atoms with E-state index >= 15 is 0 Å². The van der Waals surface area contributed by atoms with Crippen LogP contribution in [0.3, 0.4) is 0 Å². The highest BCUT2D eigenvalue weighted by atomic mass is 16.2. The number of benzene rings is 1. The Morgan fingerprint density at radius 2 is 1.89 bits per heavy atom. The molecular formula is C29H40N4O2. The lowest BCUT2D eigenvalue weighted by Gasteiger charge is -2.35. The van der Waals surface area contributed by atoms with Crippen molar-refractivity contribution in [3.05, 3.63) is 41.0 Å². The third kappa shape index (κ3) is 5.17. The molecule has 6 heteroatoms. The maximum absolute atomic E-state index is 13.4. The van der Waals surface area contributed by atoms with E-state index in [4.69, 9.17) is 10.7 Å². The van der Waals surface area contributed by atoms with Crippen LogP contribution >= 0.6 is 0 Å². The van der Waals surface area contributed by atoms with Gasteiger partial charge in [-0.2, -0.15) is 0 Å². The predicted octanol–water partition coefficient (Wildman–Crippen LogP) is 4.58. The summed E-state index contributed by atoms with van der Waals surface area (Å²) in [5.41, 5.74) is 8.65. The molecule has 2 amide bonds. The maximum Gasteiger partial charge on any atom is 0.257 e. The fraction of sp³-hybridized carbons (Fsp3) is 0.621. The largest absolute Gasteiger partial charge is 0.369 e. The number of nitrogens with zero attached hydrogens (tertiary/aromatic N) is 2. The molecule has 188 valence electrons. The lowest BCUT2D eigenvalue weighted by molar-refractivity contribution is -0.131. The van der Waals surface area contributed by atoms with Gasteiger partial charge in [0.15, 0.2) is 5.96 Å². The molecule has 1 heterocycles. The molecule has 3 atom stereocenters. The van der Waals surface area contributed by atoms with Crippen molar-refractivity contribution in [2.24, 2.45) is 22.6 Å². The molecule has 2 saturated carbocycles. The molecule has 0 bridgehead atoms. The summed E-state index contributed by atoms with van der Waals surface area (Å²) in [6, 6.07) is 8.36. The average Bonchev–Trinajstić information content (AvgIpc) is 3.39. The fourth-order valence-corrected chi connectivity index (χ4v) is 6.86. The van der Waals surface area contributed by atoms with Crippen molar-refractivity contribution < 1.29 is 9.59 Å². The number of amides is 2. The van der Waals surface area contributed by atoms with E-state index in [0.717, 1.165) is 56.1 Å². The van der Waals surface area contributed by atoms with E-state index < -0.39 is 5.54 Å². The molecule has 6 nitrogen and oxygen atoms in total. The molecule has 1 aromatic rings. The Morgan fingerprint density at radius 1 is 1.11 bits per heavy atom. The first-order chi connectivity index (χ1) is 16.9. The minimum absolute atomic E-state index is 0.0535. The van der Waals surface area contributed by atoms with Crippen LogP contribution in [-0.4, -0.2) is 41.3 Å². The van der Waals surface area contributed by atoms with Crippen LogP contribution in [0.4, 0.5) is 0 Å². The first-order valence-electron chi connectivity index (χ1n) is 13.7. The average molecular weight is 477 g/mol. The highest BCUT2D eigenvalue weighted by Crippen LogP contribution is 2.40. The zero-order valence-corrected chi connectivity index (χ0v) is 21.1. The first-order valence-corrected chi connectivity index (χ1v) is 13.7. The van der Waals surface area contributed by atoms with Gasteiger partial charge in [-0.05, 0) is 61.1 Å². The van der Waals surface area contributed by atoms with Crippen LogP contribution in [0, 0.1) is 11.8 Å². The number of likely N-dealkylation sites (N-methyl/N-ethyl adjacent to an activating group) is 1. The van der Waals surface area contributed by atoms with Gasteiger partial charge in [0, 0.05) is 25.1 Å². The molecule has 4 aliphatic rings. The van der Waals surface area contributed by atoms with Gasteiger partial charge in [-0.15, -0.1) is 0 Å². The van der Waals surface area contributed by atoms with E-state index in [0.29, 0.717) is 24.2 Å². The molecule has 5 rings (SSSR count). The quantitative estimate of drug-likeness (QED) is 0.604. The van der Waals surface area contributed by atoms with E-state index in [9.17, 15) is 9.59 Å². The zero-order valence-electron chi connectivity index (χ0n) is 21.1. The number of aliphatic imine (C=N–C) groups is 1. The number of hydrogen-bond acceptors (Lipinski definition) is 4. The van der Waals surface area contributed by atoms with Crippen LogP contribution in [0.5, 0.6) is 0 Å². The summed E-state index contributed by atoms with van der Waals surface area (Å²) in [7, 11) is 1.75. The molecule has 35 heavy (non-hydrogen) atoms. The summed E-state index contributed by atoms with van der Waals surface area (Å²) in [5, 5.41) is 3.31. The second-order valence-corrected chi connectivity index (χ2v) is 11.4. The number of rotatable bonds is 7. The summed E-state index contributed by atoms with van der Waals surface area (Å²) in [6.07, 6.45) is 15.9. The molecule has 0 unspecified atom stereocenters. The predicted molar refractivity (Wildman–Crippen MR) is 140 cm³/mol. The van der Waals surface area contributed by atoms with Gasteiger partial charge in [0.05, 0.1) is 0 Å². The Hall–Kier alpha value is -2.63. The topological polar surface area (TPSA) is 87.8 Å². The molecule has 2 fully saturated rings. The highest BCUT2D eigenvalue weighted by Gasteiger charge is 2.48. The number of guanidine groups is 1. The zero-order chi connectivity index (χ0) is 24.4. The first kappa shape index (κ1) is 24.1. The molecule has 1 aromatic carbocycles. The summed E-state index contributed by atoms with van der Waals surface area (Å²) in [5.74, 6) is 1.54. The van der Waals surface area contributed by atoms with E-state index in [1.165, 1.54) is 37.7 Å². The Kier molecular flexibility index (Phi) is 6.99. The number of nitrogens with one attached hydrogen (secondary N) is 1. The van der Waals surface area contributed by atoms with Crippen LogP contribution in [0.25, 0.3) is 6.08 Å². The van der Waals surface area contributed by atoms with E-state index in [2.05, 4.69) is 17.4 Å². The highest BCUT2D eigenvalue weighted by molar-refractivity contribution is 6.06. The Balaban J connectivity index is 1.22. The Morgan fingerprint density at radius 3 is 2.63 bits per heavy atom. The van der Waals surface area contributed by atoms with Crippen LogP contribution in [0.2, 0.25) is 0 Å². The number of hydrogen-bond donors (Lipinski definition) is 2. The summed E-state index contributed by atoms with van der Waals surface area (Å²) >= 11 is 0. The van der Waals surface area contributed by atoms with Crippen molar-refractivity contribution in [1.29, 1.82) is 0 Å². The molecule has 3 aliphatic carbocycles. The summed E-state index contributed by atoms with van der Waals surface area (Å²) < 4.78 is 0. The SMILES string of the molecule is CN1C(=O)[C@@](CCC2CCCCC2)(C[C@H]2CCC[C@@H](NC(=O)C3=Cc4ccccc4C3)C2)N=C1N. The molecule has 0 aromatic heterocycles. The molecule has 0 radical (unpaired) electrons.